The van der Waals surface area contributed by atoms with Gasteiger partial charge in [0, 0.05) is 44.5 Å². The summed E-state index contributed by atoms with van der Waals surface area (Å²) in [6.07, 6.45) is 0.730. The third-order valence-electron chi connectivity index (χ3n) is 4.61. The van der Waals surface area contributed by atoms with Gasteiger partial charge in [0.1, 0.15) is 0 Å². The lowest BCUT2D eigenvalue weighted by Gasteiger charge is -2.31. The van der Waals surface area contributed by atoms with Crippen LogP contribution < -0.4 is 4.90 Å². The zero-order chi connectivity index (χ0) is 19.4. The normalized spacial score (nSPS) is 15.4. The van der Waals surface area contributed by atoms with Crippen molar-refractivity contribution in [2.75, 3.05) is 38.1 Å². The second kappa shape index (κ2) is 7.89. The van der Waals surface area contributed by atoms with Crippen LogP contribution in [0.15, 0.2) is 59.5 Å². The molecule has 27 heavy (non-hydrogen) atoms. The first-order valence-electron chi connectivity index (χ1n) is 8.56. The van der Waals surface area contributed by atoms with Crippen molar-refractivity contribution in [3.8, 4) is 0 Å². The van der Waals surface area contributed by atoms with Crippen molar-refractivity contribution in [2.45, 2.75) is 4.90 Å². The molecule has 8 heteroatoms. The van der Waals surface area contributed by atoms with E-state index in [-0.39, 0.29) is 23.9 Å². The summed E-state index contributed by atoms with van der Waals surface area (Å²) in [6.45, 7) is 1.28. The van der Waals surface area contributed by atoms with E-state index in [0.29, 0.717) is 18.7 Å². The number of piperazine rings is 1. The molecule has 0 spiro atoms. The Balaban J connectivity index is 1.75. The first-order valence-corrected chi connectivity index (χ1v) is 10.00. The molecule has 0 unspecified atom stereocenters. The number of anilines is 1. The van der Waals surface area contributed by atoms with Crippen LogP contribution in [0.25, 0.3) is 0 Å². The summed E-state index contributed by atoms with van der Waals surface area (Å²) >= 11 is 0. The first kappa shape index (κ1) is 19.1. The van der Waals surface area contributed by atoms with Crippen molar-refractivity contribution in [1.82, 2.24) is 9.21 Å². The summed E-state index contributed by atoms with van der Waals surface area (Å²) < 4.78 is 26.8. The van der Waals surface area contributed by atoms with Gasteiger partial charge in [0.05, 0.1) is 4.90 Å². The van der Waals surface area contributed by atoms with Gasteiger partial charge in [-0.05, 0) is 36.4 Å². The Morgan fingerprint density at radius 1 is 0.963 bits per heavy atom. The third-order valence-corrected chi connectivity index (χ3v) is 6.52. The summed E-state index contributed by atoms with van der Waals surface area (Å²) in [5.74, 6) is -0.218. The lowest BCUT2D eigenvalue weighted by atomic mass is 10.2. The van der Waals surface area contributed by atoms with E-state index in [0.717, 1.165) is 12.1 Å². The van der Waals surface area contributed by atoms with Crippen LogP contribution in [-0.4, -0.2) is 63.2 Å². The fourth-order valence-electron chi connectivity index (χ4n) is 2.93. The maximum Gasteiger partial charge on any atom is 0.258 e. The predicted molar refractivity (Wildman–Crippen MR) is 102 cm³/mol. The molecule has 1 aliphatic rings. The number of benzene rings is 2. The number of carbonyl (C=O) groups is 2. The number of amides is 2. The standard InChI is InChI=1S/C19H21N3O4S/c1-20(17-5-3-2-4-6-17)19(24)16-7-9-18(10-8-16)27(25,26)22-13-11-21(15-23)12-14-22/h2-10,15H,11-14H2,1H3. The molecule has 0 radical (unpaired) electrons. The predicted octanol–water partition coefficient (Wildman–Crippen LogP) is 1.43. The lowest BCUT2D eigenvalue weighted by molar-refractivity contribution is -0.119. The lowest BCUT2D eigenvalue weighted by Crippen LogP contribution is -2.47. The molecular formula is C19H21N3O4S. The molecule has 1 fully saturated rings. The second-order valence-corrected chi connectivity index (χ2v) is 8.21. The van der Waals surface area contributed by atoms with Crippen molar-refractivity contribution in [2.24, 2.45) is 0 Å². The van der Waals surface area contributed by atoms with Gasteiger partial charge in [-0.15, -0.1) is 0 Å². The summed E-state index contributed by atoms with van der Waals surface area (Å²) in [6, 6.07) is 15.2. The number of nitrogens with zero attached hydrogens (tertiary/aromatic N) is 3. The highest BCUT2D eigenvalue weighted by molar-refractivity contribution is 7.89. The molecular weight excluding hydrogens is 366 g/mol. The minimum Gasteiger partial charge on any atom is -0.343 e. The van der Waals surface area contributed by atoms with Crippen LogP contribution in [0.1, 0.15) is 10.4 Å². The highest BCUT2D eigenvalue weighted by atomic mass is 32.2. The van der Waals surface area contributed by atoms with Crippen molar-refractivity contribution in [1.29, 1.82) is 0 Å². The highest BCUT2D eigenvalue weighted by Gasteiger charge is 2.28. The molecule has 0 bridgehead atoms. The number of carbonyl (C=O) groups excluding carboxylic acids is 2. The van der Waals surface area contributed by atoms with Crippen molar-refractivity contribution >= 4 is 28.0 Å². The fourth-order valence-corrected chi connectivity index (χ4v) is 4.35. The molecule has 2 aromatic carbocycles. The van der Waals surface area contributed by atoms with E-state index in [1.165, 1.54) is 33.5 Å². The van der Waals surface area contributed by atoms with Gasteiger partial charge in [0.15, 0.2) is 0 Å². The fraction of sp³-hybridized carbons (Fsp3) is 0.263. The SMILES string of the molecule is CN(C(=O)c1ccc(S(=O)(=O)N2CCN(C=O)CC2)cc1)c1ccccc1. The van der Waals surface area contributed by atoms with Gasteiger partial charge < -0.3 is 9.80 Å². The molecule has 2 amide bonds. The van der Waals surface area contributed by atoms with Gasteiger partial charge in [-0.2, -0.15) is 4.31 Å². The van der Waals surface area contributed by atoms with Gasteiger partial charge in [0.25, 0.3) is 5.91 Å². The van der Waals surface area contributed by atoms with E-state index in [1.54, 1.807) is 11.9 Å². The summed E-state index contributed by atoms with van der Waals surface area (Å²) in [7, 11) is -1.97. The van der Waals surface area contributed by atoms with Crippen LogP contribution >= 0.6 is 0 Å². The second-order valence-electron chi connectivity index (χ2n) is 6.27. The topological polar surface area (TPSA) is 78.0 Å². The van der Waals surface area contributed by atoms with Crippen LogP contribution in [0.2, 0.25) is 0 Å². The van der Waals surface area contributed by atoms with E-state index in [1.807, 2.05) is 30.3 Å². The molecule has 0 atom stereocenters. The van der Waals surface area contributed by atoms with Crippen LogP contribution in [0.5, 0.6) is 0 Å². The summed E-state index contributed by atoms with van der Waals surface area (Å²) in [4.78, 5) is 26.6. The summed E-state index contributed by atoms with van der Waals surface area (Å²) in [5, 5.41) is 0. The van der Waals surface area contributed by atoms with Crippen LogP contribution in [0, 0.1) is 0 Å². The van der Waals surface area contributed by atoms with Crippen molar-refractivity contribution in [3.05, 3.63) is 60.2 Å². The zero-order valence-electron chi connectivity index (χ0n) is 15.0. The molecule has 0 aromatic heterocycles. The van der Waals surface area contributed by atoms with Crippen molar-refractivity contribution in [3.63, 3.8) is 0 Å². The molecule has 7 nitrogen and oxygen atoms in total. The molecule has 1 saturated heterocycles. The number of sulfonamides is 1. The van der Waals surface area contributed by atoms with E-state index >= 15 is 0 Å². The minimum absolute atomic E-state index is 0.140. The highest BCUT2D eigenvalue weighted by Crippen LogP contribution is 2.20. The Morgan fingerprint density at radius 3 is 2.11 bits per heavy atom. The van der Waals surface area contributed by atoms with Crippen LogP contribution in [-0.2, 0) is 14.8 Å². The Kier molecular flexibility index (Phi) is 5.57. The largest absolute Gasteiger partial charge is 0.343 e. The van der Waals surface area contributed by atoms with E-state index in [4.69, 9.17) is 0 Å². The van der Waals surface area contributed by atoms with E-state index in [2.05, 4.69) is 0 Å². The molecule has 0 aliphatic carbocycles. The average molecular weight is 387 g/mol. The molecule has 142 valence electrons. The van der Waals surface area contributed by atoms with E-state index in [9.17, 15) is 18.0 Å². The Hall–Kier alpha value is -2.71. The Morgan fingerprint density at radius 2 is 1.56 bits per heavy atom. The summed E-state index contributed by atoms with van der Waals surface area (Å²) in [5.41, 5.74) is 1.17. The maximum absolute atomic E-state index is 12.7. The monoisotopic (exact) mass is 387 g/mol. The quantitative estimate of drug-likeness (QED) is 0.727. The molecule has 2 aromatic rings. The first-order chi connectivity index (χ1) is 12.9. The number of hydrogen-bond donors (Lipinski definition) is 0. The third kappa shape index (κ3) is 4.01. The van der Waals surface area contributed by atoms with Gasteiger partial charge >= 0.3 is 0 Å². The zero-order valence-corrected chi connectivity index (χ0v) is 15.8. The Labute approximate surface area is 158 Å². The number of rotatable bonds is 5. The molecule has 1 heterocycles. The maximum atomic E-state index is 12.7. The van der Waals surface area contributed by atoms with E-state index < -0.39 is 10.0 Å². The molecule has 0 saturated carbocycles. The average Bonchev–Trinajstić information content (AvgIpc) is 2.73. The number of para-hydroxylation sites is 1. The minimum atomic E-state index is -3.64. The van der Waals surface area contributed by atoms with Gasteiger partial charge in [-0.25, -0.2) is 8.42 Å². The number of hydrogen-bond acceptors (Lipinski definition) is 4. The molecule has 3 rings (SSSR count). The van der Waals surface area contributed by atoms with Gasteiger partial charge in [-0.3, -0.25) is 9.59 Å². The van der Waals surface area contributed by atoms with Crippen molar-refractivity contribution < 1.29 is 18.0 Å². The van der Waals surface area contributed by atoms with Crippen LogP contribution in [0.3, 0.4) is 0 Å². The smallest absolute Gasteiger partial charge is 0.258 e. The molecule has 0 N–H and O–H groups in total. The van der Waals surface area contributed by atoms with Gasteiger partial charge in [0.2, 0.25) is 16.4 Å². The molecule has 1 aliphatic heterocycles. The Bertz CT molecular complexity index is 906. The van der Waals surface area contributed by atoms with Crippen LogP contribution in [0.4, 0.5) is 5.69 Å². The van der Waals surface area contributed by atoms with Gasteiger partial charge in [-0.1, -0.05) is 18.2 Å².